The van der Waals surface area contributed by atoms with Crippen molar-refractivity contribution in [3.63, 3.8) is 0 Å². The first-order chi connectivity index (χ1) is 8.54. The molecule has 98 valence electrons. The molecular weight excluding hydrogens is 300 g/mol. The zero-order valence-corrected chi connectivity index (χ0v) is 11.6. The molecule has 1 aromatic heterocycles. The van der Waals surface area contributed by atoms with Crippen molar-refractivity contribution in [2.75, 3.05) is 6.54 Å². The second-order valence-corrected chi connectivity index (χ2v) is 4.72. The lowest BCUT2D eigenvalue weighted by Gasteiger charge is -2.12. The monoisotopic (exact) mass is 314 g/mol. The van der Waals surface area contributed by atoms with Crippen LogP contribution in [0.5, 0.6) is 0 Å². The van der Waals surface area contributed by atoms with Crippen LogP contribution in [0.25, 0.3) is 0 Å². The zero-order valence-electron chi connectivity index (χ0n) is 10.0. The van der Waals surface area contributed by atoms with Gasteiger partial charge in [-0.2, -0.15) is 0 Å². The van der Waals surface area contributed by atoms with E-state index in [0.29, 0.717) is 16.6 Å². The molecule has 0 radical (unpaired) electrons. The first-order valence-corrected chi connectivity index (χ1v) is 6.46. The fourth-order valence-electron chi connectivity index (χ4n) is 1.49. The molecule has 5 nitrogen and oxygen atoms in total. The molecule has 0 saturated heterocycles. The average Bonchev–Trinajstić information content (AvgIpc) is 2.34. The van der Waals surface area contributed by atoms with Crippen molar-refractivity contribution < 1.29 is 14.7 Å². The Hall–Kier alpha value is -1.43. The summed E-state index contributed by atoms with van der Waals surface area (Å²) in [6, 6.07) is 3.29. The van der Waals surface area contributed by atoms with Crippen LogP contribution in [0, 0.1) is 5.92 Å². The summed E-state index contributed by atoms with van der Waals surface area (Å²) in [4.78, 5) is 26.6. The standard InChI is InChI=1S/C12H15BrN2O3/c1-2-3-9(12(17)18)7-15-11(16)8-4-5-10(13)14-6-8/h4-6,9H,2-3,7H2,1H3,(H,15,16)(H,17,18). The van der Waals surface area contributed by atoms with E-state index in [9.17, 15) is 9.59 Å². The lowest BCUT2D eigenvalue weighted by Crippen LogP contribution is -2.32. The van der Waals surface area contributed by atoms with Gasteiger partial charge in [0, 0.05) is 12.7 Å². The highest BCUT2D eigenvalue weighted by Crippen LogP contribution is 2.08. The van der Waals surface area contributed by atoms with E-state index in [1.165, 1.54) is 6.20 Å². The Kier molecular flexibility index (Phi) is 5.77. The Morgan fingerprint density at radius 3 is 2.72 bits per heavy atom. The maximum atomic E-state index is 11.7. The first kappa shape index (κ1) is 14.6. The van der Waals surface area contributed by atoms with Crippen LogP contribution in [-0.2, 0) is 4.79 Å². The van der Waals surface area contributed by atoms with Crippen LogP contribution in [0.3, 0.4) is 0 Å². The number of carbonyl (C=O) groups is 2. The summed E-state index contributed by atoms with van der Waals surface area (Å²) in [5.41, 5.74) is 0.416. The van der Waals surface area contributed by atoms with Crippen molar-refractivity contribution in [2.24, 2.45) is 5.92 Å². The van der Waals surface area contributed by atoms with Gasteiger partial charge in [-0.05, 0) is 34.5 Å². The molecular formula is C12H15BrN2O3. The zero-order chi connectivity index (χ0) is 13.5. The number of hydrogen-bond acceptors (Lipinski definition) is 3. The van der Waals surface area contributed by atoms with Gasteiger partial charge in [-0.1, -0.05) is 13.3 Å². The molecule has 1 aromatic rings. The number of carbonyl (C=O) groups excluding carboxylic acids is 1. The topological polar surface area (TPSA) is 79.3 Å². The van der Waals surface area contributed by atoms with Crippen molar-refractivity contribution in [1.29, 1.82) is 0 Å². The van der Waals surface area contributed by atoms with Crippen LogP contribution in [0.1, 0.15) is 30.1 Å². The molecule has 0 fully saturated rings. The lowest BCUT2D eigenvalue weighted by molar-refractivity contribution is -0.141. The normalized spacial score (nSPS) is 11.9. The van der Waals surface area contributed by atoms with Gasteiger partial charge in [-0.3, -0.25) is 9.59 Å². The van der Waals surface area contributed by atoms with Crippen molar-refractivity contribution in [3.05, 3.63) is 28.5 Å². The lowest BCUT2D eigenvalue weighted by atomic mass is 10.0. The molecule has 0 bridgehead atoms. The molecule has 0 aliphatic carbocycles. The highest BCUT2D eigenvalue weighted by molar-refractivity contribution is 9.10. The van der Waals surface area contributed by atoms with Crippen LogP contribution >= 0.6 is 15.9 Å². The van der Waals surface area contributed by atoms with E-state index in [2.05, 4.69) is 26.2 Å². The predicted octanol–water partition coefficient (Wildman–Crippen LogP) is 2.07. The van der Waals surface area contributed by atoms with E-state index in [0.717, 1.165) is 6.42 Å². The second-order valence-electron chi connectivity index (χ2n) is 3.90. The molecule has 0 saturated carbocycles. The maximum Gasteiger partial charge on any atom is 0.308 e. The molecule has 1 atom stereocenters. The van der Waals surface area contributed by atoms with Crippen LogP contribution in [-0.4, -0.2) is 28.5 Å². The number of carboxylic acid groups (broad SMARTS) is 1. The number of pyridine rings is 1. The number of hydrogen-bond donors (Lipinski definition) is 2. The van der Waals surface area contributed by atoms with E-state index in [4.69, 9.17) is 5.11 Å². The van der Waals surface area contributed by atoms with Gasteiger partial charge in [0.05, 0.1) is 11.5 Å². The third kappa shape index (κ3) is 4.44. The molecule has 18 heavy (non-hydrogen) atoms. The Morgan fingerprint density at radius 1 is 1.50 bits per heavy atom. The van der Waals surface area contributed by atoms with Gasteiger partial charge in [0.1, 0.15) is 4.60 Å². The summed E-state index contributed by atoms with van der Waals surface area (Å²) >= 11 is 3.18. The smallest absolute Gasteiger partial charge is 0.308 e. The van der Waals surface area contributed by atoms with Gasteiger partial charge in [-0.15, -0.1) is 0 Å². The Bertz CT molecular complexity index is 420. The third-order valence-electron chi connectivity index (χ3n) is 2.48. The van der Waals surface area contributed by atoms with Gasteiger partial charge in [0.15, 0.2) is 0 Å². The molecule has 1 amide bonds. The highest BCUT2D eigenvalue weighted by atomic mass is 79.9. The van der Waals surface area contributed by atoms with E-state index in [-0.39, 0.29) is 12.5 Å². The van der Waals surface area contributed by atoms with Crippen LogP contribution < -0.4 is 5.32 Å². The summed E-state index contributed by atoms with van der Waals surface area (Å²) in [5, 5.41) is 11.6. The molecule has 2 N–H and O–H groups in total. The highest BCUT2D eigenvalue weighted by Gasteiger charge is 2.17. The Labute approximate surface area is 114 Å². The van der Waals surface area contributed by atoms with Crippen molar-refractivity contribution >= 4 is 27.8 Å². The quantitative estimate of drug-likeness (QED) is 0.788. The van der Waals surface area contributed by atoms with E-state index < -0.39 is 11.9 Å². The molecule has 1 unspecified atom stereocenters. The molecule has 0 aliphatic rings. The molecule has 1 rings (SSSR count). The van der Waals surface area contributed by atoms with Gasteiger partial charge < -0.3 is 10.4 Å². The summed E-state index contributed by atoms with van der Waals surface area (Å²) in [6.07, 6.45) is 2.76. The Morgan fingerprint density at radius 2 is 2.22 bits per heavy atom. The summed E-state index contributed by atoms with van der Waals surface area (Å²) in [5.74, 6) is -1.73. The van der Waals surface area contributed by atoms with Crippen LogP contribution in [0.4, 0.5) is 0 Å². The number of carboxylic acids is 1. The maximum absolute atomic E-state index is 11.7. The van der Waals surface area contributed by atoms with E-state index in [1.807, 2.05) is 6.92 Å². The first-order valence-electron chi connectivity index (χ1n) is 5.67. The molecule has 6 heteroatoms. The average molecular weight is 315 g/mol. The number of rotatable bonds is 6. The van der Waals surface area contributed by atoms with Crippen LogP contribution in [0.2, 0.25) is 0 Å². The fourth-order valence-corrected chi connectivity index (χ4v) is 1.72. The minimum Gasteiger partial charge on any atom is -0.481 e. The number of halogens is 1. The van der Waals surface area contributed by atoms with E-state index in [1.54, 1.807) is 12.1 Å². The van der Waals surface area contributed by atoms with Gasteiger partial charge >= 0.3 is 5.97 Å². The van der Waals surface area contributed by atoms with Crippen molar-refractivity contribution in [3.8, 4) is 0 Å². The number of aromatic nitrogens is 1. The fraction of sp³-hybridized carbons (Fsp3) is 0.417. The van der Waals surface area contributed by atoms with E-state index >= 15 is 0 Å². The van der Waals surface area contributed by atoms with Gasteiger partial charge in [0.2, 0.25) is 0 Å². The van der Waals surface area contributed by atoms with Crippen molar-refractivity contribution in [1.82, 2.24) is 10.3 Å². The molecule has 0 spiro atoms. The minimum absolute atomic E-state index is 0.137. The van der Waals surface area contributed by atoms with Crippen LogP contribution in [0.15, 0.2) is 22.9 Å². The summed E-state index contributed by atoms with van der Waals surface area (Å²) in [7, 11) is 0. The van der Waals surface area contributed by atoms with Gasteiger partial charge in [0.25, 0.3) is 5.91 Å². The number of aliphatic carboxylic acids is 1. The Balaban J connectivity index is 2.54. The third-order valence-corrected chi connectivity index (χ3v) is 2.95. The van der Waals surface area contributed by atoms with Crippen molar-refractivity contribution in [2.45, 2.75) is 19.8 Å². The summed E-state index contributed by atoms with van der Waals surface area (Å²) in [6.45, 7) is 2.05. The molecule has 0 aliphatic heterocycles. The SMILES string of the molecule is CCCC(CNC(=O)c1ccc(Br)nc1)C(=O)O. The largest absolute Gasteiger partial charge is 0.481 e. The second kappa shape index (κ2) is 7.10. The molecule has 0 aromatic carbocycles. The summed E-state index contributed by atoms with van der Waals surface area (Å²) < 4.78 is 0.647. The number of amides is 1. The number of nitrogens with zero attached hydrogens (tertiary/aromatic N) is 1. The minimum atomic E-state index is -0.883. The van der Waals surface area contributed by atoms with Gasteiger partial charge in [-0.25, -0.2) is 4.98 Å². The predicted molar refractivity (Wildman–Crippen MR) is 70.3 cm³/mol. The number of nitrogens with one attached hydrogen (secondary N) is 1. The molecule has 1 heterocycles.